The van der Waals surface area contributed by atoms with Crippen LogP contribution in [0.5, 0.6) is 0 Å². The molecule has 0 heterocycles. The van der Waals surface area contributed by atoms with Gasteiger partial charge in [0.25, 0.3) is 0 Å². The SMILES string of the molecule is CC(C)NCC(=O)NCC(=O)NCC(=O)C(C)C.[HH].[HH].[HH]. The van der Waals surface area contributed by atoms with Crippen LogP contribution in [-0.4, -0.2) is 43.3 Å². The van der Waals surface area contributed by atoms with Crippen molar-refractivity contribution in [3.8, 4) is 0 Å². The summed E-state index contributed by atoms with van der Waals surface area (Å²) in [5.74, 6) is -0.734. The average Bonchev–Trinajstić information content (AvgIpc) is 2.30. The predicted octanol–water partition coefficient (Wildman–Crippen LogP) is 0.180. The topological polar surface area (TPSA) is 87.3 Å². The zero-order valence-corrected chi connectivity index (χ0v) is 11.5. The highest BCUT2D eigenvalue weighted by Crippen LogP contribution is 1.91. The molecule has 110 valence electrons. The normalized spacial score (nSPS) is 10.6. The van der Waals surface area contributed by atoms with Crippen LogP contribution in [0, 0.1) is 5.92 Å². The molecule has 6 nitrogen and oxygen atoms in total. The molecule has 0 rings (SSSR count). The van der Waals surface area contributed by atoms with Gasteiger partial charge in [0, 0.05) is 16.2 Å². The smallest absolute Gasteiger partial charge is 0.239 e. The standard InChI is InChI=1S/C12H23N3O3.3H2/c1-8(2)10(16)5-14-12(18)7-15-11(17)6-13-9(3)4;;;/h8-9,13H,5-7H2,1-4H3,(H,14,18)(H,15,17);3*1H. The summed E-state index contributed by atoms with van der Waals surface area (Å²) in [6, 6.07) is 0.216. The number of carbonyl (C=O) groups is 3. The van der Waals surface area contributed by atoms with Crippen molar-refractivity contribution >= 4 is 17.6 Å². The number of ketones is 1. The third-order valence-corrected chi connectivity index (χ3v) is 2.22. The van der Waals surface area contributed by atoms with E-state index in [0.717, 1.165) is 0 Å². The van der Waals surface area contributed by atoms with Crippen molar-refractivity contribution in [3.63, 3.8) is 0 Å². The minimum Gasteiger partial charge on any atom is -0.347 e. The maximum Gasteiger partial charge on any atom is 0.239 e. The molecule has 0 aromatic heterocycles. The van der Waals surface area contributed by atoms with E-state index in [1.165, 1.54) is 0 Å². The number of rotatable bonds is 8. The van der Waals surface area contributed by atoms with Gasteiger partial charge in [-0.2, -0.15) is 0 Å². The molecule has 0 saturated heterocycles. The molecule has 0 aliphatic carbocycles. The maximum absolute atomic E-state index is 11.3. The molecule has 0 aliphatic rings. The van der Waals surface area contributed by atoms with Gasteiger partial charge in [0.2, 0.25) is 11.8 Å². The molecule has 18 heavy (non-hydrogen) atoms. The molecule has 0 unspecified atom stereocenters. The molecule has 0 fully saturated rings. The lowest BCUT2D eigenvalue weighted by molar-refractivity contribution is -0.127. The second-order valence-corrected chi connectivity index (χ2v) is 4.71. The zero-order chi connectivity index (χ0) is 14.1. The summed E-state index contributed by atoms with van der Waals surface area (Å²) < 4.78 is 0. The van der Waals surface area contributed by atoms with E-state index in [0.29, 0.717) is 0 Å². The summed E-state index contributed by atoms with van der Waals surface area (Å²) >= 11 is 0. The molecule has 0 bridgehead atoms. The van der Waals surface area contributed by atoms with Gasteiger partial charge in [-0.1, -0.05) is 27.7 Å². The van der Waals surface area contributed by atoms with Gasteiger partial charge in [-0.25, -0.2) is 0 Å². The molecular weight excluding hydrogens is 234 g/mol. The Morgan fingerprint density at radius 1 is 0.889 bits per heavy atom. The van der Waals surface area contributed by atoms with Crippen LogP contribution >= 0.6 is 0 Å². The highest BCUT2D eigenvalue weighted by molar-refractivity contribution is 5.89. The van der Waals surface area contributed by atoms with Gasteiger partial charge in [-0.05, 0) is 0 Å². The summed E-state index contributed by atoms with van der Waals surface area (Å²) in [5.41, 5.74) is 0. The first-order chi connectivity index (χ1) is 8.32. The molecule has 2 amide bonds. The van der Waals surface area contributed by atoms with Crippen molar-refractivity contribution in [1.82, 2.24) is 16.0 Å². The van der Waals surface area contributed by atoms with Gasteiger partial charge in [0.1, 0.15) is 0 Å². The van der Waals surface area contributed by atoms with E-state index < -0.39 is 0 Å². The fourth-order valence-corrected chi connectivity index (χ4v) is 0.991. The minimum atomic E-state index is -0.359. The third-order valence-electron chi connectivity index (χ3n) is 2.22. The van der Waals surface area contributed by atoms with Crippen LogP contribution in [0.1, 0.15) is 32.0 Å². The number of nitrogens with one attached hydrogen (secondary N) is 3. The molecule has 0 radical (unpaired) electrons. The molecule has 3 N–H and O–H groups in total. The Hall–Kier alpha value is -1.43. The molecule has 0 spiro atoms. The average molecular weight is 263 g/mol. The summed E-state index contributed by atoms with van der Waals surface area (Å²) in [7, 11) is 0. The summed E-state index contributed by atoms with van der Waals surface area (Å²) in [5, 5.41) is 7.86. The minimum absolute atomic E-state index is 0. The number of hydrogen-bond acceptors (Lipinski definition) is 4. The molecule has 0 atom stereocenters. The summed E-state index contributed by atoms with van der Waals surface area (Å²) in [6.07, 6.45) is 0. The van der Waals surface area contributed by atoms with Crippen LogP contribution in [0.15, 0.2) is 0 Å². The quantitative estimate of drug-likeness (QED) is 0.583. The first-order valence-corrected chi connectivity index (χ1v) is 6.12. The van der Waals surface area contributed by atoms with Gasteiger partial charge < -0.3 is 16.0 Å². The van der Waals surface area contributed by atoms with Gasteiger partial charge in [-0.15, -0.1) is 0 Å². The van der Waals surface area contributed by atoms with Crippen molar-refractivity contribution in [2.45, 2.75) is 33.7 Å². The molecule has 0 aliphatic heterocycles. The highest BCUT2D eigenvalue weighted by Gasteiger charge is 2.10. The van der Waals surface area contributed by atoms with Crippen LogP contribution in [0.25, 0.3) is 0 Å². The Kier molecular flexibility index (Phi) is 7.94. The monoisotopic (exact) mass is 263 g/mol. The van der Waals surface area contributed by atoms with E-state index in [1.54, 1.807) is 13.8 Å². The van der Waals surface area contributed by atoms with E-state index >= 15 is 0 Å². The first-order valence-electron chi connectivity index (χ1n) is 6.12. The lowest BCUT2D eigenvalue weighted by atomic mass is 10.1. The van der Waals surface area contributed by atoms with Crippen LogP contribution in [0.3, 0.4) is 0 Å². The first kappa shape index (κ1) is 16.6. The van der Waals surface area contributed by atoms with Gasteiger partial charge in [-0.3, -0.25) is 14.4 Å². The van der Waals surface area contributed by atoms with Crippen molar-refractivity contribution in [2.24, 2.45) is 5.92 Å². The lowest BCUT2D eigenvalue weighted by Gasteiger charge is -2.09. The third kappa shape index (κ3) is 8.69. The second kappa shape index (κ2) is 8.63. The van der Waals surface area contributed by atoms with Gasteiger partial charge in [0.15, 0.2) is 5.78 Å². The number of amides is 2. The Bertz CT molecular complexity index is 313. The number of hydrogen-bond donors (Lipinski definition) is 3. The maximum atomic E-state index is 11.3. The lowest BCUT2D eigenvalue weighted by Crippen LogP contribution is -2.43. The van der Waals surface area contributed by atoms with Crippen molar-refractivity contribution in [2.75, 3.05) is 19.6 Å². The molecule has 0 aromatic carbocycles. The van der Waals surface area contributed by atoms with E-state index in [-0.39, 0.29) is 53.5 Å². The van der Waals surface area contributed by atoms with Crippen LogP contribution < -0.4 is 16.0 Å². The van der Waals surface area contributed by atoms with E-state index in [2.05, 4.69) is 16.0 Å². The van der Waals surface area contributed by atoms with Crippen LogP contribution in [-0.2, 0) is 14.4 Å². The largest absolute Gasteiger partial charge is 0.347 e. The Balaban J connectivity index is -0.000000482. The Morgan fingerprint density at radius 2 is 1.39 bits per heavy atom. The van der Waals surface area contributed by atoms with E-state index in [9.17, 15) is 14.4 Å². The molecule has 0 saturated carbocycles. The van der Waals surface area contributed by atoms with Crippen molar-refractivity contribution in [3.05, 3.63) is 0 Å². The van der Waals surface area contributed by atoms with Gasteiger partial charge in [0.05, 0.1) is 19.6 Å². The fourth-order valence-electron chi connectivity index (χ4n) is 0.991. The number of carbonyl (C=O) groups excluding carboxylic acids is 3. The summed E-state index contributed by atoms with van der Waals surface area (Å²) in [6.45, 7) is 7.48. The van der Waals surface area contributed by atoms with Crippen LogP contribution in [0.2, 0.25) is 0 Å². The number of Topliss-reactive ketones (excluding diaryl/α,β-unsaturated/α-hetero) is 1. The van der Waals surface area contributed by atoms with E-state index in [4.69, 9.17) is 0 Å². The molecule has 6 heteroatoms. The van der Waals surface area contributed by atoms with Crippen LogP contribution in [0.4, 0.5) is 0 Å². The molecular formula is C12H29N3O3. The fraction of sp³-hybridized carbons (Fsp3) is 0.750. The second-order valence-electron chi connectivity index (χ2n) is 4.71. The van der Waals surface area contributed by atoms with Crippen molar-refractivity contribution in [1.29, 1.82) is 0 Å². The Morgan fingerprint density at radius 3 is 1.89 bits per heavy atom. The van der Waals surface area contributed by atoms with E-state index in [1.807, 2.05) is 13.8 Å². The highest BCUT2D eigenvalue weighted by atomic mass is 16.2. The zero-order valence-electron chi connectivity index (χ0n) is 11.5. The Labute approximate surface area is 112 Å². The summed E-state index contributed by atoms with van der Waals surface area (Å²) in [4.78, 5) is 33.8. The molecule has 0 aromatic rings. The van der Waals surface area contributed by atoms with Crippen molar-refractivity contribution < 1.29 is 18.7 Å². The predicted molar refractivity (Wildman–Crippen MR) is 75.3 cm³/mol. The van der Waals surface area contributed by atoms with Gasteiger partial charge >= 0.3 is 0 Å².